The number of aliphatic hydroxyl groups is 2. The Labute approximate surface area is 91.7 Å². The van der Waals surface area contributed by atoms with E-state index in [1.165, 1.54) is 0 Å². The first-order valence-corrected chi connectivity index (χ1v) is 5.74. The highest BCUT2D eigenvalue weighted by Crippen LogP contribution is 1.97. The number of unbranched alkanes of at least 4 members (excludes halogenated alkanes) is 2. The minimum Gasteiger partial charge on any atom is -0.396 e. The van der Waals surface area contributed by atoms with Crippen LogP contribution in [-0.2, 0) is 4.79 Å². The van der Waals surface area contributed by atoms with Crippen LogP contribution >= 0.6 is 0 Å². The first-order valence-electron chi connectivity index (χ1n) is 5.74. The Morgan fingerprint density at radius 3 is 2.67 bits per heavy atom. The second-order valence-electron chi connectivity index (χ2n) is 3.73. The molecule has 0 spiro atoms. The summed E-state index contributed by atoms with van der Waals surface area (Å²) in [5.41, 5.74) is 0. The van der Waals surface area contributed by atoms with Crippen LogP contribution in [0.15, 0.2) is 0 Å². The summed E-state index contributed by atoms with van der Waals surface area (Å²) in [4.78, 5) is 11.3. The maximum absolute atomic E-state index is 11.3. The smallest absolute Gasteiger partial charge is 0.174 e. The predicted molar refractivity (Wildman–Crippen MR) is 59.7 cm³/mol. The molecule has 1 atom stereocenters. The van der Waals surface area contributed by atoms with Crippen LogP contribution in [0.4, 0.5) is 0 Å². The van der Waals surface area contributed by atoms with E-state index in [1.807, 2.05) is 0 Å². The zero-order valence-corrected chi connectivity index (χ0v) is 9.54. The number of Topliss-reactive ketones (excluding diaryl/α,β-unsaturated/α-hetero) is 1. The zero-order chi connectivity index (χ0) is 11.5. The van der Waals surface area contributed by atoms with E-state index in [1.54, 1.807) is 0 Å². The standard InChI is InChI=1S/C11H23NO3/c1-2-3-4-7-12-9-11(15)10(14)6-5-8-13/h10,12-14H,2-9H2,1H3. The Morgan fingerprint density at radius 1 is 1.33 bits per heavy atom. The van der Waals surface area contributed by atoms with Crippen LogP contribution in [-0.4, -0.2) is 41.8 Å². The third kappa shape index (κ3) is 8.54. The number of nitrogens with one attached hydrogen (secondary N) is 1. The van der Waals surface area contributed by atoms with Crippen molar-refractivity contribution in [3.05, 3.63) is 0 Å². The fourth-order valence-electron chi connectivity index (χ4n) is 1.28. The molecule has 0 aromatic heterocycles. The summed E-state index contributed by atoms with van der Waals surface area (Å²) in [7, 11) is 0. The van der Waals surface area contributed by atoms with Crippen molar-refractivity contribution in [2.75, 3.05) is 19.7 Å². The van der Waals surface area contributed by atoms with Crippen LogP contribution in [0.3, 0.4) is 0 Å². The molecular weight excluding hydrogens is 194 g/mol. The Kier molecular flexibility index (Phi) is 9.78. The second-order valence-corrected chi connectivity index (χ2v) is 3.73. The summed E-state index contributed by atoms with van der Waals surface area (Å²) in [5.74, 6) is -0.181. The van der Waals surface area contributed by atoms with E-state index in [9.17, 15) is 9.90 Å². The molecule has 0 fully saturated rings. The number of aliphatic hydroxyl groups excluding tert-OH is 2. The highest BCUT2D eigenvalue weighted by atomic mass is 16.3. The molecule has 0 bridgehead atoms. The quantitative estimate of drug-likeness (QED) is 0.465. The van der Waals surface area contributed by atoms with Crippen LogP contribution in [0.5, 0.6) is 0 Å². The molecule has 0 radical (unpaired) electrons. The lowest BCUT2D eigenvalue weighted by Gasteiger charge is -2.09. The predicted octanol–water partition coefficient (Wildman–Crippen LogP) is 0.469. The lowest BCUT2D eigenvalue weighted by atomic mass is 10.1. The minimum absolute atomic E-state index is 0.0221. The highest BCUT2D eigenvalue weighted by Gasteiger charge is 2.13. The molecule has 3 N–H and O–H groups in total. The van der Waals surface area contributed by atoms with E-state index in [0.717, 1.165) is 25.8 Å². The summed E-state index contributed by atoms with van der Waals surface area (Å²) < 4.78 is 0. The van der Waals surface area contributed by atoms with Gasteiger partial charge in [-0.2, -0.15) is 0 Å². The van der Waals surface area contributed by atoms with E-state index >= 15 is 0 Å². The van der Waals surface area contributed by atoms with Gasteiger partial charge < -0.3 is 15.5 Å². The topological polar surface area (TPSA) is 69.6 Å². The summed E-state index contributed by atoms with van der Waals surface area (Å²) in [5, 5.41) is 20.9. The van der Waals surface area contributed by atoms with Gasteiger partial charge in [0.2, 0.25) is 0 Å². The zero-order valence-electron chi connectivity index (χ0n) is 9.54. The SMILES string of the molecule is CCCCCNCC(=O)C(O)CCCO. The van der Waals surface area contributed by atoms with Gasteiger partial charge in [-0.15, -0.1) is 0 Å². The molecule has 15 heavy (non-hydrogen) atoms. The molecule has 1 unspecified atom stereocenters. The average Bonchev–Trinajstić information content (AvgIpc) is 2.25. The Morgan fingerprint density at radius 2 is 2.07 bits per heavy atom. The van der Waals surface area contributed by atoms with Crippen LogP contribution < -0.4 is 5.32 Å². The molecule has 0 rings (SSSR count). The number of carbonyl (C=O) groups is 1. The summed E-state index contributed by atoms with van der Waals surface area (Å²) in [6.07, 6.45) is 3.30. The van der Waals surface area contributed by atoms with Gasteiger partial charge in [0.15, 0.2) is 5.78 Å². The lowest BCUT2D eigenvalue weighted by Crippen LogP contribution is -2.32. The average molecular weight is 217 g/mol. The van der Waals surface area contributed by atoms with E-state index in [-0.39, 0.29) is 18.9 Å². The van der Waals surface area contributed by atoms with Crippen molar-refractivity contribution in [1.82, 2.24) is 5.32 Å². The fourth-order valence-corrected chi connectivity index (χ4v) is 1.28. The van der Waals surface area contributed by atoms with E-state index < -0.39 is 6.10 Å². The van der Waals surface area contributed by atoms with Gasteiger partial charge in [-0.25, -0.2) is 0 Å². The van der Waals surface area contributed by atoms with E-state index in [4.69, 9.17) is 5.11 Å². The number of carbonyl (C=O) groups excluding carboxylic acids is 1. The molecule has 0 saturated carbocycles. The van der Waals surface area contributed by atoms with Crippen molar-refractivity contribution in [2.24, 2.45) is 0 Å². The van der Waals surface area contributed by atoms with Crippen molar-refractivity contribution in [3.63, 3.8) is 0 Å². The summed E-state index contributed by atoms with van der Waals surface area (Å²) in [6.45, 7) is 3.21. The van der Waals surface area contributed by atoms with Gasteiger partial charge in [0.05, 0.1) is 6.54 Å². The molecule has 4 nitrogen and oxygen atoms in total. The van der Waals surface area contributed by atoms with Crippen LogP contribution in [0.1, 0.15) is 39.0 Å². The molecule has 0 aliphatic heterocycles. The summed E-state index contributed by atoms with van der Waals surface area (Å²) in [6, 6.07) is 0. The third-order valence-electron chi connectivity index (χ3n) is 2.26. The first kappa shape index (κ1) is 14.6. The van der Waals surface area contributed by atoms with Gasteiger partial charge in [-0.1, -0.05) is 19.8 Å². The van der Waals surface area contributed by atoms with Crippen LogP contribution in [0, 0.1) is 0 Å². The van der Waals surface area contributed by atoms with Crippen molar-refractivity contribution >= 4 is 5.78 Å². The van der Waals surface area contributed by atoms with Gasteiger partial charge in [0, 0.05) is 6.61 Å². The molecule has 0 aliphatic rings. The van der Waals surface area contributed by atoms with E-state index in [0.29, 0.717) is 12.8 Å². The van der Waals surface area contributed by atoms with Crippen molar-refractivity contribution in [2.45, 2.75) is 45.1 Å². The molecule has 0 heterocycles. The number of rotatable bonds is 10. The van der Waals surface area contributed by atoms with Gasteiger partial charge in [0.1, 0.15) is 6.10 Å². The molecule has 90 valence electrons. The molecule has 4 heteroatoms. The molecule has 0 aliphatic carbocycles. The number of hydrogen-bond donors (Lipinski definition) is 3. The van der Waals surface area contributed by atoms with Crippen LogP contribution in [0.25, 0.3) is 0 Å². The normalized spacial score (nSPS) is 12.7. The third-order valence-corrected chi connectivity index (χ3v) is 2.26. The summed E-state index contributed by atoms with van der Waals surface area (Å²) >= 11 is 0. The molecule has 0 aromatic carbocycles. The van der Waals surface area contributed by atoms with Gasteiger partial charge >= 0.3 is 0 Å². The highest BCUT2D eigenvalue weighted by molar-refractivity contribution is 5.84. The number of hydrogen-bond acceptors (Lipinski definition) is 4. The first-order chi connectivity index (χ1) is 7.22. The second kappa shape index (κ2) is 10.1. The monoisotopic (exact) mass is 217 g/mol. The minimum atomic E-state index is -0.921. The van der Waals surface area contributed by atoms with E-state index in [2.05, 4.69) is 12.2 Å². The number of ketones is 1. The van der Waals surface area contributed by atoms with Crippen molar-refractivity contribution in [1.29, 1.82) is 0 Å². The molecule has 0 saturated heterocycles. The Balaban J connectivity index is 3.38. The van der Waals surface area contributed by atoms with Gasteiger partial charge in [-0.05, 0) is 25.8 Å². The van der Waals surface area contributed by atoms with Crippen molar-refractivity contribution in [3.8, 4) is 0 Å². The maximum atomic E-state index is 11.3. The molecular formula is C11H23NO3. The maximum Gasteiger partial charge on any atom is 0.174 e. The van der Waals surface area contributed by atoms with Crippen molar-refractivity contribution < 1.29 is 15.0 Å². The lowest BCUT2D eigenvalue weighted by molar-refractivity contribution is -0.126. The van der Waals surface area contributed by atoms with Gasteiger partial charge in [0.25, 0.3) is 0 Å². The molecule has 0 aromatic rings. The largest absolute Gasteiger partial charge is 0.396 e. The Hall–Kier alpha value is -0.450. The van der Waals surface area contributed by atoms with Crippen LogP contribution in [0.2, 0.25) is 0 Å². The van der Waals surface area contributed by atoms with Gasteiger partial charge in [-0.3, -0.25) is 4.79 Å². The Bertz CT molecular complexity index is 162. The fraction of sp³-hybridized carbons (Fsp3) is 0.909. The molecule has 0 amide bonds.